The Bertz CT molecular complexity index is 502. The Morgan fingerprint density at radius 1 is 1.40 bits per heavy atom. The molecule has 1 heterocycles. The highest BCUT2D eigenvalue weighted by Crippen LogP contribution is 2.20. The van der Waals surface area contributed by atoms with E-state index < -0.39 is 0 Å². The van der Waals surface area contributed by atoms with Gasteiger partial charge in [0, 0.05) is 19.2 Å². The predicted molar refractivity (Wildman–Crippen MR) is 78.5 cm³/mol. The van der Waals surface area contributed by atoms with E-state index >= 15 is 0 Å². The summed E-state index contributed by atoms with van der Waals surface area (Å²) >= 11 is 0. The van der Waals surface area contributed by atoms with Crippen LogP contribution in [0.4, 0.5) is 0 Å². The third kappa shape index (κ3) is 3.61. The first-order chi connectivity index (χ1) is 9.60. The van der Waals surface area contributed by atoms with Gasteiger partial charge in [-0.15, -0.1) is 0 Å². The number of aliphatic hydroxyl groups excluding tert-OH is 1. The fraction of sp³-hybridized carbons (Fsp3) is 0.438. The summed E-state index contributed by atoms with van der Waals surface area (Å²) in [6.45, 7) is 3.18. The van der Waals surface area contributed by atoms with Crippen LogP contribution in [0.3, 0.4) is 0 Å². The van der Waals surface area contributed by atoms with Crippen molar-refractivity contribution in [3.63, 3.8) is 0 Å². The van der Waals surface area contributed by atoms with E-state index in [1.165, 1.54) is 0 Å². The second kappa shape index (κ2) is 6.57. The van der Waals surface area contributed by atoms with Gasteiger partial charge in [0.15, 0.2) is 0 Å². The summed E-state index contributed by atoms with van der Waals surface area (Å²) in [5.41, 5.74) is 1.90. The van der Waals surface area contributed by atoms with E-state index in [9.17, 15) is 9.90 Å². The number of ether oxygens (including phenoxy) is 1. The SMILES string of the molecule is COc1cccc(C(C)=CC(=O)N2CCC(O)CC2)c1. The number of carbonyl (C=O) groups excluding carboxylic acids is 1. The Kier molecular flexibility index (Phi) is 4.79. The van der Waals surface area contributed by atoms with Crippen LogP contribution < -0.4 is 4.74 Å². The number of nitrogens with zero attached hydrogens (tertiary/aromatic N) is 1. The van der Waals surface area contributed by atoms with Gasteiger partial charge in [0.1, 0.15) is 5.75 Å². The molecule has 108 valence electrons. The van der Waals surface area contributed by atoms with Crippen LogP contribution in [-0.2, 0) is 4.79 Å². The molecule has 1 saturated heterocycles. The van der Waals surface area contributed by atoms with Crippen molar-refractivity contribution in [1.82, 2.24) is 4.90 Å². The van der Waals surface area contributed by atoms with Gasteiger partial charge in [-0.3, -0.25) is 4.79 Å². The molecule has 4 nitrogen and oxygen atoms in total. The minimum Gasteiger partial charge on any atom is -0.497 e. The molecule has 1 aliphatic heterocycles. The lowest BCUT2D eigenvalue weighted by atomic mass is 10.1. The van der Waals surface area contributed by atoms with E-state index in [1.807, 2.05) is 31.2 Å². The molecule has 1 N–H and O–H groups in total. The molecular formula is C16H21NO3. The van der Waals surface area contributed by atoms with Crippen LogP contribution in [0.5, 0.6) is 5.75 Å². The Morgan fingerprint density at radius 3 is 2.75 bits per heavy atom. The van der Waals surface area contributed by atoms with Gasteiger partial charge >= 0.3 is 0 Å². The van der Waals surface area contributed by atoms with Crippen molar-refractivity contribution in [2.75, 3.05) is 20.2 Å². The first-order valence-electron chi connectivity index (χ1n) is 6.90. The summed E-state index contributed by atoms with van der Waals surface area (Å²) in [7, 11) is 1.63. The number of likely N-dealkylation sites (tertiary alicyclic amines) is 1. The number of aliphatic hydroxyl groups is 1. The summed E-state index contributed by atoms with van der Waals surface area (Å²) in [6.07, 6.45) is 2.73. The molecule has 1 aromatic carbocycles. The van der Waals surface area contributed by atoms with E-state index in [1.54, 1.807) is 18.1 Å². The minimum absolute atomic E-state index is 0.0113. The van der Waals surface area contributed by atoms with Gasteiger partial charge in [-0.1, -0.05) is 12.1 Å². The van der Waals surface area contributed by atoms with Crippen molar-refractivity contribution < 1.29 is 14.6 Å². The summed E-state index contributed by atoms with van der Waals surface area (Å²) in [6, 6.07) is 7.67. The highest BCUT2D eigenvalue weighted by Gasteiger charge is 2.19. The van der Waals surface area contributed by atoms with E-state index in [4.69, 9.17) is 4.74 Å². The van der Waals surface area contributed by atoms with Crippen LogP contribution in [0, 0.1) is 0 Å². The lowest BCUT2D eigenvalue weighted by Gasteiger charge is -2.28. The number of amides is 1. The molecule has 0 atom stereocenters. The maximum atomic E-state index is 12.2. The number of methoxy groups -OCH3 is 1. The van der Waals surface area contributed by atoms with Crippen LogP contribution in [-0.4, -0.2) is 42.2 Å². The predicted octanol–water partition coefficient (Wildman–Crippen LogP) is 2.08. The van der Waals surface area contributed by atoms with Gasteiger partial charge in [0.2, 0.25) is 5.91 Å². The topological polar surface area (TPSA) is 49.8 Å². The van der Waals surface area contributed by atoms with E-state index in [0.717, 1.165) is 16.9 Å². The largest absolute Gasteiger partial charge is 0.497 e. The molecule has 0 unspecified atom stereocenters. The van der Waals surface area contributed by atoms with Crippen LogP contribution in [0.2, 0.25) is 0 Å². The molecule has 2 rings (SSSR count). The summed E-state index contributed by atoms with van der Waals surface area (Å²) in [4.78, 5) is 14.0. The van der Waals surface area contributed by atoms with Crippen molar-refractivity contribution in [3.05, 3.63) is 35.9 Å². The monoisotopic (exact) mass is 275 g/mol. The van der Waals surface area contributed by atoms with Crippen LogP contribution in [0.15, 0.2) is 30.3 Å². The lowest BCUT2D eigenvalue weighted by Crippen LogP contribution is -2.39. The molecule has 0 aliphatic carbocycles. The first-order valence-corrected chi connectivity index (χ1v) is 6.90. The zero-order chi connectivity index (χ0) is 14.5. The van der Waals surface area contributed by atoms with Gasteiger partial charge in [0.05, 0.1) is 13.2 Å². The van der Waals surface area contributed by atoms with Crippen LogP contribution in [0.25, 0.3) is 5.57 Å². The molecule has 0 radical (unpaired) electrons. The summed E-state index contributed by atoms with van der Waals surface area (Å²) < 4.78 is 5.19. The van der Waals surface area contributed by atoms with Crippen molar-refractivity contribution in [2.24, 2.45) is 0 Å². The summed E-state index contributed by atoms with van der Waals surface area (Å²) in [5.74, 6) is 0.793. The zero-order valence-corrected chi connectivity index (χ0v) is 12.0. The second-order valence-corrected chi connectivity index (χ2v) is 5.12. The third-order valence-corrected chi connectivity index (χ3v) is 3.64. The number of carbonyl (C=O) groups is 1. The Hall–Kier alpha value is -1.81. The average molecular weight is 275 g/mol. The zero-order valence-electron chi connectivity index (χ0n) is 12.0. The maximum absolute atomic E-state index is 12.2. The number of hydrogen-bond donors (Lipinski definition) is 1. The van der Waals surface area contributed by atoms with Gasteiger partial charge < -0.3 is 14.7 Å². The molecule has 1 fully saturated rings. The molecule has 20 heavy (non-hydrogen) atoms. The van der Waals surface area contributed by atoms with E-state index in [2.05, 4.69) is 0 Å². The summed E-state index contributed by atoms with van der Waals surface area (Å²) in [5, 5.41) is 9.46. The molecule has 0 saturated carbocycles. The van der Waals surface area contributed by atoms with Crippen molar-refractivity contribution in [2.45, 2.75) is 25.9 Å². The second-order valence-electron chi connectivity index (χ2n) is 5.12. The smallest absolute Gasteiger partial charge is 0.246 e. The van der Waals surface area contributed by atoms with Crippen LogP contribution in [0.1, 0.15) is 25.3 Å². The van der Waals surface area contributed by atoms with E-state index in [0.29, 0.717) is 25.9 Å². The number of hydrogen-bond acceptors (Lipinski definition) is 3. The third-order valence-electron chi connectivity index (χ3n) is 3.64. The average Bonchev–Trinajstić information content (AvgIpc) is 2.47. The lowest BCUT2D eigenvalue weighted by molar-refractivity contribution is -0.127. The Labute approximate surface area is 119 Å². The number of benzene rings is 1. The van der Waals surface area contributed by atoms with Crippen molar-refractivity contribution >= 4 is 11.5 Å². The standard InChI is InChI=1S/C16H21NO3/c1-12(13-4-3-5-15(11-13)20-2)10-16(19)17-8-6-14(18)7-9-17/h3-5,10-11,14,18H,6-9H2,1-2H3. The molecule has 0 aromatic heterocycles. The quantitative estimate of drug-likeness (QED) is 0.859. The highest BCUT2D eigenvalue weighted by molar-refractivity contribution is 5.95. The van der Waals surface area contributed by atoms with Gasteiger partial charge in [-0.25, -0.2) is 0 Å². The van der Waals surface area contributed by atoms with Crippen LogP contribution >= 0.6 is 0 Å². The van der Waals surface area contributed by atoms with Gasteiger partial charge in [-0.2, -0.15) is 0 Å². The minimum atomic E-state index is -0.262. The molecule has 1 aromatic rings. The molecule has 1 aliphatic rings. The maximum Gasteiger partial charge on any atom is 0.246 e. The van der Waals surface area contributed by atoms with Crippen molar-refractivity contribution in [3.8, 4) is 5.75 Å². The molecule has 0 spiro atoms. The number of allylic oxidation sites excluding steroid dienone is 1. The Morgan fingerprint density at radius 2 is 2.10 bits per heavy atom. The molecule has 4 heteroatoms. The van der Waals surface area contributed by atoms with Crippen molar-refractivity contribution in [1.29, 1.82) is 0 Å². The number of rotatable bonds is 3. The fourth-order valence-electron chi connectivity index (χ4n) is 2.31. The Balaban J connectivity index is 2.07. The highest BCUT2D eigenvalue weighted by atomic mass is 16.5. The first kappa shape index (κ1) is 14.6. The fourth-order valence-corrected chi connectivity index (χ4v) is 2.31. The molecule has 0 bridgehead atoms. The number of piperidine rings is 1. The molecule has 1 amide bonds. The van der Waals surface area contributed by atoms with Gasteiger partial charge in [-0.05, 0) is 43.0 Å². The molecular weight excluding hydrogens is 254 g/mol. The van der Waals surface area contributed by atoms with E-state index in [-0.39, 0.29) is 12.0 Å². The van der Waals surface area contributed by atoms with Gasteiger partial charge in [0.25, 0.3) is 0 Å². The normalized spacial score (nSPS) is 17.1.